The summed E-state index contributed by atoms with van der Waals surface area (Å²) in [5.74, 6) is 0.261. The number of aryl methyl sites for hydroxylation is 1. The number of nitrogens with zero attached hydrogens (tertiary/aromatic N) is 2. The van der Waals surface area contributed by atoms with E-state index in [-0.39, 0.29) is 5.82 Å². The topological polar surface area (TPSA) is 50.8 Å². The van der Waals surface area contributed by atoms with Crippen molar-refractivity contribution in [2.45, 2.75) is 6.92 Å². The first-order valence-electron chi connectivity index (χ1n) is 6.51. The van der Waals surface area contributed by atoms with Crippen LogP contribution < -0.4 is 4.74 Å². The standard InChI is InChI=1S/C16H14FN3O/c1-10-14(13-4-3-9-18-16(13)21-2)15(20-19-10)11-5-7-12(17)8-6-11/h3-9H,1-2H3,(H,19,20). The highest BCUT2D eigenvalue weighted by atomic mass is 19.1. The zero-order valence-corrected chi connectivity index (χ0v) is 11.7. The largest absolute Gasteiger partial charge is 0.481 e. The minimum absolute atomic E-state index is 0.272. The minimum atomic E-state index is -0.272. The van der Waals surface area contributed by atoms with E-state index in [0.717, 1.165) is 28.1 Å². The number of nitrogens with one attached hydrogen (secondary N) is 1. The fourth-order valence-electron chi connectivity index (χ4n) is 2.32. The molecule has 0 atom stereocenters. The van der Waals surface area contributed by atoms with Crippen molar-refractivity contribution >= 4 is 0 Å². The molecule has 0 aliphatic rings. The number of hydrogen-bond donors (Lipinski definition) is 1. The molecule has 5 heteroatoms. The molecule has 1 N–H and O–H groups in total. The van der Waals surface area contributed by atoms with Gasteiger partial charge >= 0.3 is 0 Å². The normalized spacial score (nSPS) is 10.6. The van der Waals surface area contributed by atoms with Gasteiger partial charge in [0.2, 0.25) is 5.88 Å². The Morgan fingerprint density at radius 2 is 1.90 bits per heavy atom. The summed E-state index contributed by atoms with van der Waals surface area (Å²) in [6, 6.07) is 10.0. The van der Waals surface area contributed by atoms with E-state index in [1.807, 2.05) is 19.1 Å². The molecular weight excluding hydrogens is 269 g/mol. The molecule has 0 bridgehead atoms. The van der Waals surface area contributed by atoms with Gasteiger partial charge in [0.1, 0.15) is 11.5 Å². The summed E-state index contributed by atoms with van der Waals surface area (Å²) >= 11 is 0. The second kappa shape index (κ2) is 5.36. The van der Waals surface area contributed by atoms with Gasteiger partial charge in [-0.1, -0.05) is 0 Å². The smallest absolute Gasteiger partial charge is 0.221 e. The Balaban J connectivity index is 2.20. The lowest BCUT2D eigenvalue weighted by atomic mass is 10.00. The zero-order chi connectivity index (χ0) is 14.8. The van der Waals surface area contributed by atoms with E-state index in [4.69, 9.17) is 4.74 Å². The summed E-state index contributed by atoms with van der Waals surface area (Å²) in [4.78, 5) is 4.22. The molecule has 3 rings (SSSR count). The van der Waals surface area contributed by atoms with Gasteiger partial charge in [0, 0.05) is 28.6 Å². The lowest BCUT2D eigenvalue weighted by Gasteiger charge is -2.08. The van der Waals surface area contributed by atoms with Crippen molar-refractivity contribution in [1.82, 2.24) is 15.2 Å². The zero-order valence-electron chi connectivity index (χ0n) is 11.7. The highest BCUT2D eigenvalue weighted by Crippen LogP contribution is 2.36. The van der Waals surface area contributed by atoms with Crippen LogP contribution in [0.1, 0.15) is 5.69 Å². The number of pyridine rings is 1. The number of methoxy groups -OCH3 is 1. The number of aromatic nitrogens is 3. The van der Waals surface area contributed by atoms with E-state index >= 15 is 0 Å². The molecule has 21 heavy (non-hydrogen) atoms. The van der Waals surface area contributed by atoms with Gasteiger partial charge in [0.25, 0.3) is 0 Å². The molecule has 0 saturated carbocycles. The van der Waals surface area contributed by atoms with Crippen molar-refractivity contribution in [3.8, 4) is 28.3 Å². The van der Waals surface area contributed by atoms with Crippen molar-refractivity contribution in [3.05, 3.63) is 54.1 Å². The van der Waals surface area contributed by atoms with Crippen LogP contribution in [0.3, 0.4) is 0 Å². The van der Waals surface area contributed by atoms with Gasteiger partial charge in [-0.25, -0.2) is 9.37 Å². The van der Waals surface area contributed by atoms with Crippen LogP contribution >= 0.6 is 0 Å². The molecule has 106 valence electrons. The number of halogens is 1. The average Bonchev–Trinajstić information content (AvgIpc) is 2.89. The van der Waals surface area contributed by atoms with Gasteiger partial charge in [-0.15, -0.1) is 0 Å². The summed E-state index contributed by atoms with van der Waals surface area (Å²) in [6.45, 7) is 1.93. The van der Waals surface area contributed by atoms with Gasteiger partial charge in [-0.05, 0) is 43.3 Å². The van der Waals surface area contributed by atoms with Crippen LogP contribution in [0.15, 0.2) is 42.6 Å². The Hall–Kier alpha value is -2.69. The van der Waals surface area contributed by atoms with Crippen molar-refractivity contribution < 1.29 is 9.13 Å². The molecule has 2 aromatic heterocycles. The summed E-state index contributed by atoms with van der Waals surface area (Å²) in [7, 11) is 1.58. The quantitative estimate of drug-likeness (QED) is 0.799. The predicted molar refractivity (Wildman–Crippen MR) is 78.5 cm³/mol. The van der Waals surface area contributed by atoms with Crippen LogP contribution in [0.4, 0.5) is 4.39 Å². The van der Waals surface area contributed by atoms with E-state index in [1.165, 1.54) is 12.1 Å². The Bertz CT molecular complexity index is 765. The Kier molecular flexibility index (Phi) is 3.39. The number of aromatic amines is 1. The third-order valence-electron chi connectivity index (χ3n) is 3.30. The van der Waals surface area contributed by atoms with Crippen LogP contribution in [0, 0.1) is 12.7 Å². The van der Waals surface area contributed by atoms with E-state index in [1.54, 1.807) is 25.4 Å². The molecule has 1 aromatic carbocycles. The average molecular weight is 283 g/mol. The van der Waals surface area contributed by atoms with Crippen molar-refractivity contribution in [3.63, 3.8) is 0 Å². The summed E-state index contributed by atoms with van der Waals surface area (Å²) in [5, 5.41) is 7.31. The number of rotatable bonds is 3. The Morgan fingerprint density at radius 1 is 1.14 bits per heavy atom. The Labute approximate surface area is 121 Å². The van der Waals surface area contributed by atoms with Crippen molar-refractivity contribution in [2.24, 2.45) is 0 Å². The summed E-state index contributed by atoms with van der Waals surface area (Å²) < 4.78 is 18.4. The van der Waals surface area contributed by atoms with Crippen molar-refractivity contribution in [2.75, 3.05) is 7.11 Å². The Morgan fingerprint density at radius 3 is 2.62 bits per heavy atom. The number of benzene rings is 1. The molecule has 0 saturated heterocycles. The lowest BCUT2D eigenvalue weighted by molar-refractivity contribution is 0.399. The second-order valence-corrected chi connectivity index (χ2v) is 4.64. The third kappa shape index (κ3) is 2.38. The molecule has 0 aliphatic carbocycles. The van der Waals surface area contributed by atoms with Crippen LogP contribution in [0.25, 0.3) is 22.4 Å². The van der Waals surface area contributed by atoms with Crippen LogP contribution in [0.2, 0.25) is 0 Å². The monoisotopic (exact) mass is 283 g/mol. The maximum atomic E-state index is 13.1. The van der Waals surface area contributed by atoms with Gasteiger partial charge in [-0.2, -0.15) is 5.10 Å². The van der Waals surface area contributed by atoms with Crippen LogP contribution in [-0.2, 0) is 0 Å². The molecule has 4 nitrogen and oxygen atoms in total. The maximum absolute atomic E-state index is 13.1. The molecule has 3 aromatic rings. The first-order valence-corrected chi connectivity index (χ1v) is 6.51. The highest BCUT2D eigenvalue weighted by molar-refractivity contribution is 5.84. The molecule has 0 amide bonds. The van der Waals surface area contributed by atoms with Crippen molar-refractivity contribution in [1.29, 1.82) is 0 Å². The third-order valence-corrected chi connectivity index (χ3v) is 3.30. The van der Waals surface area contributed by atoms with Gasteiger partial charge in [0.05, 0.1) is 7.11 Å². The van der Waals surface area contributed by atoms with E-state index in [2.05, 4.69) is 15.2 Å². The maximum Gasteiger partial charge on any atom is 0.221 e. The molecule has 2 heterocycles. The van der Waals surface area contributed by atoms with E-state index in [9.17, 15) is 4.39 Å². The fraction of sp³-hybridized carbons (Fsp3) is 0.125. The number of hydrogen-bond acceptors (Lipinski definition) is 3. The molecule has 0 radical (unpaired) electrons. The SMILES string of the molecule is COc1ncccc1-c1c(-c2ccc(F)cc2)n[nH]c1C. The first kappa shape index (κ1) is 13.3. The van der Waals surface area contributed by atoms with Gasteiger partial charge in [0.15, 0.2) is 0 Å². The fourth-order valence-corrected chi connectivity index (χ4v) is 2.32. The number of H-pyrrole nitrogens is 1. The van der Waals surface area contributed by atoms with Gasteiger partial charge < -0.3 is 4.74 Å². The molecule has 0 aliphatic heterocycles. The van der Waals surface area contributed by atoms with E-state index in [0.29, 0.717) is 5.88 Å². The summed E-state index contributed by atoms with van der Waals surface area (Å²) in [6.07, 6.45) is 1.68. The predicted octanol–water partition coefficient (Wildman–Crippen LogP) is 3.59. The molecule has 0 spiro atoms. The number of ether oxygens (including phenoxy) is 1. The summed E-state index contributed by atoms with van der Waals surface area (Å²) in [5.41, 5.74) is 4.25. The molecule has 0 fully saturated rings. The van der Waals surface area contributed by atoms with Gasteiger partial charge in [-0.3, -0.25) is 5.10 Å². The lowest BCUT2D eigenvalue weighted by Crippen LogP contribution is -1.92. The highest BCUT2D eigenvalue weighted by Gasteiger charge is 2.18. The second-order valence-electron chi connectivity index (χ2n) is 4.64. The van der Waals surface area contributed by atoms with E-state index < -0.39 is 0 Å². The van der Waals surface area contributed by atoms with Crippen LogP contribution in [-0.4, -0.2) is 22.3 Å². The molecule has 0 unspecified atom stereocenters. The first-order chi connectivity index (χ1) is 10.2. The molecular formula is C16H14FN3O. The minimum Gasteiger partial charge on any atom is -0.481 e. The van der Waals surface area contributed by atoms with Crippen LogP contribution in [0.5, 0.6) is 5.88 Å².